The summed E-state index contributed by atoms with van der Waals surface area (Å²) in [5.74, 6) is -0.0769. The van der Waals surface area contributed by atoms with Crippen LogP contribution >= 0.6 is 0 Å². The summed E-state index contributed by atoms with van der Waals surface area (Å²) in [5.41, 5.74) is -0.0183. The number of carbonyl (C=O) groups excluding carboxylic acids is 1. The third-order valence-corrected chi connectivity index (χ3v) is 5.00. The van der Waals surface area contributed by atoms with E-state index in [1.165, 1.54) is 20.1 Å². The fourth-order valence-electron chi connectivity index (χ4n) is 3.77. The van der Waals surface area contributed by atoms with Gasteiger partial charge in [-0.3, -0.25) is 9.69 Å². The van der Waals surface area contributed by atoms with E-state index in [4.69, 9.17) is 4.74 Å². The summed E-state index contributed by atoms with van der Waals surface area (Å²) in [6, 6.07) is 0.528. The Labute approximate surface area is 123 Å². The molecule has 1 N–H and O–H groups in total. The molecule has 1 aliphatic heterocycles. The number of carbonyl (C=O) groups is 1. The van der Waals surface area contributed by atoms with Gasteiger partial charge in [0.25, 0.3) is 0 Å². The van der Waals surface area contributed by atoms with E-state index in [1.807, 2.05) is 0 Å². The number of ether oxygens (including phenoxy) is 1. The minimum Gasteiger partial charge on any atom is -0.468 e. The molecule has 116 valence electrons. The van der Waals surface area contributed by atoms with Crippen molar-refractivity contribution in [2.75, 3.05) is 26.7 Å². The van der Waals surface area contributed by atoms with Crippen LogP contribution in [0.15, 0.2) is 0 Å². The maximum Gasteiger partial charge on any atom is 0.326 e. The molecule has 2 atom stereocenters. The average Bonchev–Trinajstić information content (AvgIpc) is 3.00. The van der Waals surface area contributed by atoms with E-state index in [2.05, 4.69) is 31.0 Å². The number of esters is 1. The molecule has 2 aliphatic rings. The second-order valence-corrected chi connectivity index (χ2v) is 7.28. The lowest BCUT2D eigenvalue weighted by Crippen LogP contribution is -2.52. The van der Waals surface area contributed by atoms with Crippen LogP contribution in [0.25, 0.3) is 0 Å². The van der Waals surface area contributed by atoms with Crippen molar-refractivity contribution in [3.63, 3.8) is 0 Å². The summed E-state index contributed by atoms with van der Waals surface area (Å²) in [6.07, 6.45) is 5.20. The molecule has 20 heavy (non-hydrogen) atoms. The first-order chi connectivity index (χ1) is 9.42. The summed E-state index contributed by atoms with van der Waals surface area (Å²) in [4.78, 5) is 14.8. The van der Waals surface area contributed by atoms with Gasteiger partial charge in [-0.15, -0.1) is 0 Å². The maximum absolute atomic E-state index is 12.2. The molecular weight excluding hydrogens is 252 g/mol. The van der Waals surface area contributed by atoms with Crippen LogP contribution in [0.2, 0.25) is 0 Å². The Kier molecular flexibility index (Phi) is 4.75. The van der Waals surface area contributed by atoms with Gasteiger partial charge in [-0.25, -0.2) is 0 Å². The summed E-state index contributed by atoms with van der Waals surface area (Å²) in [5, 5.41) is 3.47. The highest BCUT2D eigenvalue weighted by Gasteiger charge is 2.48. The number of rotatable bonds is 5. The van der Waals surface area contributed by atoms with Crippen molar-refractivity contribution >= 4 is 5.97 Å². The van der Waals surface area contributed by atoms with Crippen LogP contribution in [-0.4, -0.2) is 49.2 Å². The van der Waals surface area contributed by atoms with Crippen molar-refractivity contribution in [1.29, 1.82) is 0 Å². The van der Waals surface area contributed by atoms with Gasteiger partial charge in [0.15, 0.2) is 0 Å². The lowest BCUT2D eigenvalue weighted by molar-refractivity contribution is -0.148. The van der Waals surface area contributed by atoms with E-state index in [0.717, 1.165) is 38.8 Å². The van der Waals surface area contributed by atoms with Crippen molar-refractivity contribution < 1.29 is 9.53 Å². The van der Waals surface area contributed by atoms with Crippen LogP contribution in [0, 0.1) is 5.41 Å². The van der Waals surface area contributed by atoms with Crippen molar-refractivity contribution in [1.82, 2.24) is 10.2 Å². The first-order valence-corrected chi connectivity index (χ1v) is 8.00. The highest BCUT2D eigenvalue weighted by molar-refractivity contribution is 5.81. The third kappa shape index (κ3) is 3.17. The molecule has 2 rings (SSSR count). The molecule has 0 aromatic rings. The zero-order valence-electron chi connectivity index (χ0n) is 13.5. The zero-order chi connectivity index (χ0) is 14.8. The van der Waals surface area contributed by atoms with Crippen molar-refractivity contribution in [2.45, 2.75) is 64.5 Å². The fraction of sp³-hybridized carbons (Fsp3) is 0.938. The van der Waals surface area contributed by atoms with E-state index in [1.54, 1.807) is 0 Å². The monoisotopic (exact) mass is 282 g/mol. The van der Waals surface area contributed by atoms with Gasteiger partial charge in [0, 0.05) is 12.6 Å². The minimum absolute atomic E-state index is 0.0769. The molecule has 2 unspecified atom stereocenters. The number of likely N-dealkylation sites (tertiary alicyclic amines) is 1. The Hall–Kier alpha value is -0.610. The lowest BCUT2D eigenvalue weighted by atomic mass is 9.93. The molecule has 2 fully saturated rings. The van der Waals surface area contributed by atoms with E-state index in [0.29, 0.717) is 11.5 Å². The summed E-state index contributed by atoms with van der Waals surface area (Å²) < 4.78 is 5.07. The van der Waals surface area contributed by atoms with Gasteiger partial charge in [-0.05, 0) is 50.6 Å². The zero-order valence-corrected chi connectivity index (χ0v) is 13.5. The van der Waals surface area contributed by atoms with Gasteiger partial charge in [-0.2, -0.15) is 0 Å². The highest BCUT2D eigenvalue weighted by Crippen LogP contribution is 2.39. The molecule has 4 nitrogen and oxygen atoms in total. The van der Waals surface area contributed by atoms with Crippen LogP contribution in [0.1, 0.15) is 52.9 Å². The van der Waals surface area contributed by atoms with Gasteiger partial charge in [0.2, 0.25) is 0 Å². The molecule has 4 heteroatoms. The van der Waals surface area contributed by atoms with Gasteiger partial charge in [0.05, 0.1) is 7.11 Å². The standard InChI is InChI=1S/C16H30N2O2/c1-5-9-17-16(14(19)20-4)7-6-13(11-16)18-10-8-15(2,3)12-18/h13,17H,5-12H2,1-4H3. The molecule has 0 spiro atoms. The second kappa shape index (κ2) is 6.02. The topological polar surface area (TPSA) is 41.6 Å². The quantitative estimate of drug-likeness (QED) is 0.785. The molecule has 0 aromatic heterocycles. The largest absolute Gasteiger partial charge is 0.468 e. The second-order valence-electron chi connectivity index (χ2n) is 7.28. The molecule has 1 saturated heterocycles. The van der Waals surface area contributed by atoms with Crippen LogP contribution in [-0.2, 0) is 9.53 Å². The predicted octanol–water partition coefficient (Wildman–Crippen LogP) is 2.18. The van der Waals surface area contributed by atoms with E-state index in [-0.39, 0.29) is 5.97 Å². The molecule has 0 bridgehead atoms. The molecule has 0 radical (unpaired) electrons. The van der Waals surface area contributed by atoms with Gasteiger partial charge < -0.3 is 10.1 Å². The Bertz CT molecular complexity index is 356. The normalized spacial score (nSPS) is 33.5. The van der Waals surface area contributed by atoms with Gasteiger partial charge in [0.1, 0.15) is 5.54 Å². The van der Waals surface area contributed by atoms with E-state index < -0.39 is 5.54 Å². The van der Waals surface area contributed by atoms with Crippen molar-refractivity contribution in [2.24, 2.45) is 5.41 Å². The average molecular weight is 282 g/mol. The number of methoxy groups -OCH3 is 1. The molecular formula is C16H30N2O2. The SMILES string of the molecule is CCCNC1(C(=O)OC)CCC(N2CCC(C)(C)C2)C1. The van der Waals surface area contributed by atoms with E-state index >= 15 is 0 Å². The van der Waals surface area contributed by atoms with Gasteiger partial charge >= 0.3 is 5.97 Å². The summed E-state index contributed by atoms with van der Waals surface area (Å²) in [6.45, 7) is 10.0. The van der Waals surface area contributed by atoms with Crippen LogP contribution in [0.5, 0.6) is 0 Å². The number of nitrogens with zero attached hydrogens (tertiary/aromatic N) is 1. The molecule has 1 saturated carbocycles. The number of hydrogen-bond acceptors (Lipinski definition) is 4. The van der Waals surface area contributed by atoms with Crippen molar-refractivity contribution in [3.05, 3.63) is 0 Å². The molecule has 1 aliphatic carbocycles. The Morgan fingerprint density at radius 3 is 2.70 bits per heavy atom. The molecule has 0 aromatic carbocycles. The van der Waals surface area contributed by atoms with E-state index in [9.17, 15) is 4.79 Å². The number of nitrogens with one attached hydrogen (secondary N) is 1. The summed E-state index contributed by atoms with van der Waals surface area (Å²) in [7, 11) is 1.50. The Morgan fingerprint density at radius 2 is 2.15 bits per heavy atom. The first-order valence-electron chi connectivity index (χ1n) is 8.00. The van der Waals surface area contributed by atoms with Crippen molar-refractivity contribution in [3.8, 4) is 0 Å². The smallest absolute Gasteiger partial charge is 0.326 e. The molecule has 0 amide bonds. The minimum atomic E-state index is -0.442. The predicted molar refractivity (Wildman–Crippen MR) is 80.7 cm³/mol. The maximum atomic E-state index is 12.2. The fourth-order valence-corrected chi connectivity index (χ4v) is 3.77. The van der Waals surface area contributed by atoms with Crippen LogP contribution < -0.4 is 5.32 Å². The van der Waals surface area contributed by atoms with Crippen LogP contribution in [0.3, 0.4) is 0 Å². The Balaban J connectivity index is 2.02. The molecule has 1 heterocycles. The van der Waals surface area contributed by atoms with Crippen LogP contribution in [0.4, 0.5) is 0 Å². The first kappa shape index (κ1) is 15.8. The van der Waals surface area contributed by atoms with Gasteiger partial charge in [-0.1, -0.05) is 20.8 Å². The number of hydrogen-bond donors (Lipinski definition) is 1. The summed E-state index contributed by atoms with van der Waals surface area (Å²) >= 11 is 0. The lowest BCUT2D eigenvalue weighted by Gasteiger charge is -2.30. The third-order valence-electron chi connectivity index (χ3n) is 5.00. The Morgan fingerprint density at radius 1 is 1.40 bits per heavy atom. The highest BCUT2D eigenvalue weighted by atomic mass is 16.5.